The van der Waals surface area contributed by atoms with Crippen molar-refractivity contribution in [3.63, 3.8) is 0 Å². The van der Waals surface area contributed by atoms with Crippen LogP contribution in [0.4, 0.5) is 10.1 Å². The zero-order valence-corrected chi connectivity index (χ0v) is 20.0. The molecule has 2 aromatic rings. The van der Waals surface area contributed by atoms with E-state index in [-0.39, 0.29) is 18.3 Å². The van der Waals surface area contributed by atoms with Gasteiger partial charge in [0.2, 0.25) is 21.8 Å². The van der Waals surface area contributed by atoms with E-state index in [0.29, 0.717) is 10.6 Å². The molecule has 2 aromatic carbocycles. The van der Waals surface area contributed by atoms with Crippen LogP contribution in [0.2, 0.25) is 5.02 Å². The highest BCUT2D eigenvalue weighted by Crippen LogP contribution is 2.22. The number of carbonyl (C=O) groups excluding carboxylic acids is 2. The van der Waals surface area contributed by atoms with Gasteiger partial charge in [-0.15, -0.1) is 0 Å². The number of halogens is 2. The first kappa shape index (κ1) is 25.6. The number of amides is 2. The smallest absolute Gasteiger partial charge is 0.244 e. The third-order valence-electron chi connectivity index (χ3n) is 4.67. The SMILES string of the molecule is CC(C)NC(=O)C(C)N(Cc1ccccc1Cl)C(=O)CN(c1cccc(F)c1)S(C)(=O)=O. The fourth-order valence-electron chi connectivity index (χ4n) is 3.04. The van der Waals surface area contributed by atoms with E-state index in [4.69, 9.17) is 11.6 Å². The number of hydrogen-bond donors (Lipinski definition) is 1. The molecule has 0 aromatic heterocycles. The van der Waals surface area contributed by atoms with Crippen molar-refractivity contribution in [3.05, 3.63) is 64.9 Å². The molecule has 0 radical (unpaired) electrons. The van der Waals surface area contributed by atoms with Gasteiger partial charge in [0.1, 0.15) is 18.4 Å². The minimum atomic E-state index is -3.92. The van der Waals surface area contributed by atoms with E-state index in [1.165, 1.54) is 23.1 Å². The summed E-state index contributed by atoms with van der Waals surface area (Å²) in [6, 6.07) is 10.8. The first-order chi connectivity index (χ1) is 14.9. The van der Waals surface area contributed by atoms with Crippen LogP contribution in [0, 0.1) is 5.82 Å². The van der Waals surface area contributed by atoms with Crippen molar-refractivity contribution in [3.8, 4) is 0 Å². The zero-order chi connectivity index (χ0) is 24.1. The van der Waals surface area contributed by atoms with Crippen LogP contribution in [0.1, 0.15) is 26.3 Å². The molecule has 0 aliphatic rings. The van der Waals surface area contributed by atoms with E-state index in [1.807, 2.05) is 0 Å². The van der Waals surface area contributed by atoms with Gasteiger partial charge in [0, 0.05) is 17.6 Å². The molecule has 0 saturated carbocycles. The molecule has 10 heteroatoms. The number of rotatable bonds is 9. The molecule has 0 fully saturated rings. The second-order valence-corrected chi connectivity index (χ2v) is 10.0. The van der Waals surface area contributed by atoms with Crippen LogP contribution in [-0.2, 0) is 26.2 Å². The maximum Gasteiger partial charge on any atom is 0.244 e. The van der Waals surface area contributed by atoms with E-state index >= 15 is 0 Å². The highest BCUT2D eigenvalue weighted by molar-refractivity contribution is 7.92. The van der Waals surface area contributed by atoms with Crippen molar-refractivity contribution in [2.45, 2.75) is 39.4 Å². The summed E-state index contributed by atoms with van der Waals surface area (Å²) in [6.45, 7) is 4.53. The van der Waals surface area contributed by atoms with Crippen LogP contribution >= 0.6 is 11.6 Å². The molecule has 0 bridgehead atoms. The van der Waals surface area contributed by atoms with Gasteiger partial charge < -0.3 is 10.2 Å². The first-order valence-corrected chi connectivity index (χ1v) is 12.2. The van der Waals surface area contributed by atoms with E-state index in [1.54, 1.807) is 45.0 Å². The standard InChI is InChI=1S/C22H27ClFN3O4S/c1-15(2)25-22(29)16(3)26(13-17-8-5-6-11-20(17)23)21(28)14-27(32(4,30)31)19-10-7-9-18(24)12-19/h5-12,15-16H,13-14H2,1-4H3,(H,25,29). The summed E-state index contributed by atoms with van der Waals surface area (Å²) in [5, 5.41) is 3.16. The Morgan fingerprint density at radius 2 is 1.75 bits per heavy atom. The van der Waals surface area contributed by atoms with Gasteiger partial charge in [-0.1, -0.05) is 35.9 Å². The number of carbonyl (C=O) groups is 2. The van der Waals surface area contributed by atoms with Gasteiger partial charge in [-0.3, -0.25) is 13.9 Å². The van der Waals surface area contributed by atoms with Crippen molar-refractivity contribution in [2.75, 3.05) is 17.1 Å². The van der Waals surface area contributed by atoms with Gasteiger partial charge in [-0.25, -0.2) is 12.8 Å². The molecule has 0 aliphatic carbocycles. The lowest BCUT2D eigenvalue weighted by atomic mass is 10.1. The minimum absolute atomic E-state index is 0.00799. The lowest BCUT2D eigenvalue weighted by Crippen LogP contribution is -2.52. The first-order valence-electron chi connectivity index (χ1n) is 9.96. The maximum atomic E-state index is 13.7. The molecule has 0 saturated heterocycles. The fraction of sp³-hybridized carbons (Fsp3) is 0.364. The molecule has 174 valence electrons. The van der Waals surface area contributed by atoms with Gasteiger partial charge in [0.15, 0.2) is 0 Å². The van der Waals surface area contributed by atoms with Gasteiger partial charge >= 0.3 is 0 Å². The third-order valence-corrected chi connectivity index (χ3v) is 6.18. The maximum absolute atomic E-state index is 13.7. The number of anilines is 1. The van der Waals surface area contributed by atoms with Crippen LogP contribution in [0.3, 0.4) is 0 Å². The van der Waals surface area contributed by atoms with Crippen molar-refractivity contribution >= 4 is 39.1 Å². The van der Waals surface area contributed by atoms with Crippen LogP contribution in [0.25, 0.3) is 0 Å². The van der Waals surface area contributed by atoms with E-state index in [9.17, 15) is 22.4 Å². The highest BCUT2D eigenvalue weighted by atomic mass is 35.5. The monoisotopic (exact) mass is 483 g/mol. The average molecular weight is 484 g/mol. The lowest BCUT2D eigenvalue weighted by molar-refractivity contribution is -0.139. The number of nitrogens with zero attached hydrogens (tertiary/aromatic N) is 2. The summed E-state index contributed by atoms with van der Waals surface area (Å²) >= 11 is 6.25. The Labute approximate surface area is 193 Å². The number of sulfonamides is 1. The molecule has 1 N–H and O–H groups in total. The summed E-state index contributed by atoms with van der Waals surface area (Å²) in [6.07, 6.45) is 0.929. The topological polar surface area (TPSA) is 86.8 Å². The second kappa shape index (κ2) is 10.8. The van der Waals surface area contributed by atoms with Crippen LogP contribution < -0.4 is 9.62 Å². The van der Waals surface area contributed by atoms with Crippen molar-refractivity contribution < 1.29 is 22.4 Å². The van der Waals surface area contributed by atoms with Crippen molar-refractivity contribution in [2.24, 2.45) is 0 Å². The Morgan fingerprint density at radius 1 is 1.09 bits per heavy atom. The minimum Gasteiger partial charge on any atom is -0.352 e. The van der Waals surface area contributed by atoms with Gasteiger partial charge in [-0.2, -0.15) is 0 Å². The lowest BCUT2D eigenvalue weighted by Gasteiger charge is -2.32. The molecule has 7 nitrogen and oxygen atoms in total. The van der Waals surface area contributed by atoms with Crippen molar-refractivity contribution in [1.29, 1.82) is 0 Å². The predicted octanol–water partition coefficient (Wildman–Crippen LogP) is 3.19. The Kier molecular flexibility index (Phi) is 8.63. The van der Waals surface area contributed by atoms with Gasteiger partial charge in [-0.05, 0) is 50.6 Å². The molecular weight excluding hydrogens is 457 g/mol. The number of hydrogen-bond acceptors (Lipinski definition) is 4. The van der Waals surface area contributed by atoms with Crippen LogP contribution in [0.15, 0.2) is 48.5 Å². The van der Waals surface area contributed by atoms with E-state index < -0.39 is 40.2 Å². The third kappa shape index (κ3) is 6.93. The zero-order valence-electron chi connectivity index (χ0n) is 18.4. The Morgan fingerprint density at radius 3 is 2.31 bits per heavy atom. The Bertz CT molecular complexity index is 1080. The molecule has 2 rings (SSSR count). The molecule has 0 aliphatic heterocycles. The molecule has 0 spiro atoms. The van der Waals surface area contributed by atoms with Gasteiger partial charge in [0.25, 0.3) is 0 Å². The van der Waals surface area contributed by atoms with E-state index in [0.717, 1.165) is 16.6 Å². The van der Waals surface area contributed by atoms with Crippen LogP contribution in [-0.4, -0.2) is 50.0 Å². The molecule has 32 heavy (non-hydrogen) atoms. The van der Waals surface area contributed by atoms with Crippen molar-refractivity contribution in [1.82, 2.24) is 10.2 Å². The summed E-state index contributed by atoms with van der Waals surface area (Å²) in [5.41, 5.74) is 0.612. The van der Waals surface area contributed by atoms with E-state index in [2.05, 4.69) is 5.32 Å². The summed E-state index contributed by atoms with van der Waals surface area (Å²) in [7, 11) is -3.92. The quantitative estimate of drug-likeness (QED) is 0.593. The number of benzene rings is 2. The largest absolute Gasteiger partial charge is 0.352 e. The predicted molar refractivity (Wildman–Crippen MR) is 123 cm³/mol. The molecule has 1 atom stereocenters. The molecule has 0 heterocycles. The summed E-state index contributed by atoms with van der Waals surface area (Å²) in [5.74, 6) is -1.66. The highest BCUT2D eigenvalue weighted by Gasteiger charge is 2.30. The molecule has 2 amide bonds. The molecule has 1 unspecified atom stereocenters. The molecular formula is C22H27ClFN3O4S. The normalized spacial score (nSPS) is 12.3. The Balaban J connectivity index is 2.40. The van der Waals surface area contributed by atoms with Crippen LogP contribution in [0.5, 0.6) is 0 Å². The number of nitrogens with one attached hydrogen (secondary N) is 1. The summed E-state index contributed by atoms with van der Waals surface area (Å²) in [4.78, 5) is 27.2. The van der Waals surface area contributed by atoms with Gasteiger partial charge in [0.05, 0.1) is 11.9 Å². The summed E-state index contributed by atoms with van der Waals surface area (Å²) < 4.78 is 39.3. The Hall–Kier alpha value is -2.65. The second-order valence-electron chi connectivity index (χ2n) is 7.70. The average Bonchev–Trinajstić information content (AvgIpc) is 2.69. The fourth-order valence-corrected chi connectivity index (χ4v) is 4.08.